The van der Waals surface area contributed by atoms with Crippen molar-refractivity contribution < 1.29 is 9.90 Å². The average Bonchev–Trinajstić information content (AvgIpc) is 2.54. The Morgan fingerprint density at radius 3 is 2.48 bits per heavy atom. The summed E-state index contributed by atoms with van der Waals surface area (Å²) < 4.78 is 0. The van der Waals surface area contributed by atoms with Crippen molar-refractivity contribution in [2.75, 3.05) is 26.2 Å². The van der Waals surface area contributed by atoms with Crippen molar-refractivity contribution in [1.29, 1.82) is 0 Å². The van der Waals surface area contributed by atoms with Crippen LogP contribution in [0.2, 0.25) is 0 Å². The van der Waals surface area contributed by atoms with E-state index in [0.29, 0.717) is 0 Å². The second-order valence-corrected chi connectivity index (χ2v) is 5.68. The summed E-state index contributed by atoms with van der Waals surface area (Å²) >= 11 is 0. The highest BCUT2D eigenvalue weighted by Crippen LogP contribution is 2.31. The summed E-state index contributed by atoms with van der Waals surface area (Å²) in [4.78, 5) is 14.0. The number of aliphatic carboxylic acids is 1. The first-order chi connectivity index (χ1) is 10.1. The lowest BCUT2D eigenvalue weighted by molar-refractivity contribution is -0.151. The minimum Gasteiger partial charge on any atom is -0.480 e. The second-order valence-electron chi connectivity index (χ2n) is 5.68. The molecular formula is C17H20N2O2. The Balaban J connectivity index is 2.07. The number of carbonyl (C=O) groups is 1. The second kappa shape index (κ2) is 5.47. The lowest BCUT2D eigenvalue weighted by Gasteiger charge is -2.40. The number of carboxylic acids is 1. The van der Waals surface area contributed by atoms with Gasteiger partial charge in [0.15, 0.2) is 0 Å². The van der Waals surface area contributed by atoms with Gasteiger partial charge in [-0.25, -0.2) is 4.79 Å². The zero-order valence-corrected chi connectivity index (χ0v) is 12.2. The molecule has 0 radical (unpaired) electrons. The number of carboxylic acid groups (broad SMARTS) is 1. The van der Waals surface area contributed by atoms with Crippen LogP contribution >= 0.6 is 0 Å². The number of benzene rings is 2. The van der Waals surface area contributed by atoms with Crippen molar-refractivity contribution in [3.8, 4) is 0 Å². The lowest BCUT2D eigenvalue weighted by Crippen LogP contribution is -2.56. The SMILES string of the molecule is CC(C(=O)O)(c1ccc2ccccc2c1)N1CCNCC1. The summed E-state index contributed by atoms with van der Waals surface area (Å²) in [5, 5.41) is 15.3. The molecule has 0 saturated carbocycles. The maximum absolute atomic E-state index is 12.0. The molecule has 0 amide bonds. The molecule has 110 valence electrons. The van der Waals surface area contributed by atoms with Crippen LogP contribution in [0.25, 0.3) is 10.8 Å². The summed E-state index contributed by atoms with van der Waals surface area (Å²) in [5.74, 6) is -0.792. The number of piperazine rings is 1. The van der Waals surface area contributed by atoms with Crippen molar-refractivity contribution in [3.05, 3.63) is 48.0 Å². The Kier molecular flexibility index (Phi) is 3.66. The molecular weight excluding hydrogens is 264 g/mol. The van der Waals surface area contributed by atoms with Crippen LogP contribution in [0.1, 0.15) is 12.5 Å². The van der Waals surface area contributed by atoms with Crippen molar-refractivity contribution in [2.45, 2.75) is 12.5 Å². The third-order valence-corrected chi connectivity index (χ3v) is 4.48. The number of hydrogen-bond donors (Lipinski definition) is 2. The lowest BCUT2D eigenvalue weighted by atomic mass is 9.88. The van der Waals surface area contributed by atoms with Crippen molar-refractivity contribution in [3.63, 3.8) is 0 Å². The third-order valence-electron chi connectivity index (χ3n) is 4.48. The van der Waals surface area contributed by atoms with E-state index < -0.39 is 11.5 Å². The maximum atomic E-state index is 12.0. The fourth-order valence-corrected chi connectivity index (χ4v) is 3.05. The first-order valence-corrected chi connectivity index (χ1v) is 7.31. The van der Waals surface area contributed by atoms with E-state index in [0.717, 1.165) is 42.5 Å². The summed E-state index contributed by atoms with van der Waals surface area (Å²) in [6, 6.07) is 14.0. The molecule has 4 nitrogen and oxygen atoms in total. The molecule has 3 rings (SSSR count). The Morgan fingerprint density at radius 1 is 1.14 bits per heavy atom. The molecule has 0 aromatic heterocycles. The van der Waals surface area contributed by atoms with E-state index in [1.165, 1.54) is 0 Å². The van der Waals surface area contributed by atoms with Crippen LogP contribution in [0.5, 0.6) is 0 Å². The highest BCUT2D eigenvalue weighted by molar-refractivity contribution is 5.87. The molecule has 2 N–H and O–H groups in total. The van der Waals surface area contributed by atoms with Crippen LogP contribution in [0.4, 0.5) is 0 Å². The van der Waals surface area contributed by atoms with Crippen LogP contribution < -0.4 is 5.32 Å². The quantitative estimate of drug-likeness (QED) is 0.905. The molecule has 0 bridgehead atoms. The minimum absolute atomic E-state index is 0.746. The van der Waals surface area contributed by atoms with Gasteiger partial charge < -0.3 is 10.4 Å². The topological polar surface area (TPSA) is 52.6 Å². The summed E-state index contributed by atoms with van der Waals surface area (Å²) in [7, 11) is 0. The van der Waals surface area contributed by atoms with Gasteiger partial charge >= 0.3 is 5.97 Å². The molecule has 1 unspecified atom stereocenters. The van der Waals surface area contributed by atoms with Gasteiger partial charge in [-0.15, -0.1) is 0 Å². The van der Waals surface area contributed by atoms with Crippen molar-refractivity contribution in [2.24, 2.45) is 0 Å². The molecule has 2 aromatic carbocycles. The molecule has 1 aliphatic rings. The van der Waals surface area contributed by atoms with Gasteiger partial charge in [-0.2, -0.15) is 0 Å². The molecule has 21 heavy (non-hydrogen) atoms. The van der Waals surface area contributed by atoms with Crippen LogP contribution in [-0.4, -0.2) is 42.2 Å². The highest BCUT2D eigenvalue weighted by Gasteiger charge is 2.41. The van der Waals surface area contributed by atoms with Gasteiger partial charge in [0.25, 0.3) is 0 Å². The Labute approximate surface area is 124 Å². The van der Waals surface area contributed by atoms with Gasteiger partial charge in [0.05, 0.1) is 0 Å². The summed E-state index contributed by atoms with van der Waals surface area (Å²) in [5.41, 5.74) is -0.137. The molecule has 2 aromatic rings. The van der Waals surface area contributed by atoms with Gasteiger partial charge in [0.2, 0.25) is 0 Å². The molecule has 1 atom stereocenters. The summed E-state index contributed by atoms with van der Waals surface area (Å²) in [6.45, 7) is 4.96. The normalized spacial score (nSPS) is 19.3. The van der Waals surface area contributed by atoms with Crippen LogP contribution in [0.3, 0.4) is 0 Å². The molecule has 1 saturated heterocycles. The Hall–Kier alpha value is -1.91. The standard InChI is InChI=1S/C17H20N2O2/c1-17(16(20)21,19-10-8-18-9-11-19)15-7-6-13-4-2-3-5-14(13)12-15/h2-7,12,18H,8-11H2,1H3,(H,20,21). The molecule has 0 aliphatic carbocycles. The van der Waals surface area contributed by atoms with E-state index in [2.05, 4.69) is 10.2 Å². The van der Waals surface area contributed by atoms with E-state index in [-0.39, 0.29) is 0 Å². The van der Waals surface area contributed by atoms with Crippen molar-refractivity contribution in [1.82, 2.24) is 10.2 Å². The number of rotatable bonds is 3. The van der Waals surface area contributed by atoms with Crippen molar-refractivity contribution >= 4 is 16.7 Å². The van der Waals surface area contributed by atoms with Gasteiger partial charge in [0, 0.05) is 26.2 Å². The summed E-state index contributed by atoms with van der Waals surface area (Å²) in [6.07, 6.45) is 0. The van der Waals surface area contributed by atoms with Crippen LogP contribution in [0.15, 0.2) is 42.5 Å². The first kappa shape index (κ1) is 14.0. The smallest absolute Gasteiger partial charge is 0.328 e. The van der Waals surface area contributed by atoms with E-state index in [1.807, 2.05) is 49.4 Å². The van der Waals surface area contributed by atoms with E-state index in [9.17, 15) is 9.90 Å². The zero-order chi connectivity index (χ0) is 14.9. The van der Waals surface area contributed by atoms with E-state index in [4.69, 9.17) is 0 Å². The zero-order valence-electron chi connectivity index (χ0n) is 12.2. The maximum Gasteiger partial charge on any atom is 0.328 e. The monoisotopic (exact) mass is 284 g/mol. The fraction of sp³-hybridized carbons (Fsp3) is 0.353. The Bertz CT molecular complexity index is 665. The molecule has 0 spiro atoms. The number of fused-ring (bicyclic) bond motifs is 1. The van der Waals surface area contributed by atoms with Gasteiger partial charge in [-0.3, -0.25) is 4.90 Å². The van der Waals surface area contributed by atoms with E-state index in [1.54, 1.807) is 0 Å². The highest BCUT2D eigenvalue weighted by atomic mass is 16.4. The third kappa shape index (κ3) is 2.41. The van der Waals surface area contributed by atoms with Crippen LogP contribution in [-0.2, 0) is 10.3 Å². The van der Waals surface area contributed by atoms with E-state index >= 15 is 0 Å². The molecule has 1 heterocycles. The van der Waals surface area contributed by atoms with Crippen LogP contribution in [0, 0.1) is 0 Å². The molecule has 1 fully saturated rings. The molecule has 4 heteroatoms. The first-order valence-electron chi connectivity index (χ1n) is 7.31. The number of nitrogens with zero attached hydrogens (tertiary/aromatic N) is 1. The average molecular weight is 284 g/mol. The minimum atomic E-state index is -0.980. The Morgan fingerprint density at radius 2 is 1.81 bits per heavy atom. The number of nitrogens with one attached hydrogen (secondary N) is 1. The number of hydrogen-bond acceptors (Lipinski definition) is 3. The fourth-order valence-electron chi connectivity index (χ4n) is 3.05. The van der Waals surface area contributed by atoms with Gasteiger partial charge in [-0.1, -0.05) is 36.4 Å². The predicted molar refractivity (Wildman–Crippen MR) is 83.4 cm³/mol. The predicted octanol–water partition coefficient (Wildman–Crippen LogP) is 2.04. The van der Waals surface area contributed by atoms with Gasteiger partial charge in [0.1, 0.15) is 5.54 Å². The van der Waals surface area contributed by atoms with Gasteiger partial charge in [-0.05, 0) is 29.3 Å². The molecule has 1 aliphatic heterocycles. The largest absolute Gasteiger partial charge is 0.480 e.